The van der Waals surface area contributed by atoms with Crippen LogP contribution in [-0.2, 0) is 0 Å². The molecule has 1 atom stereocenters. The number of rotatable bonds is 1. The fourth-order valence-electron chi connectivity index (χ4n) is 3.29. The summed E-state index contributed by atoms with van der Waals surface area (Å²) in [6, 6.07) is 8.59. The maximum absolute atomic E-state index is 9.26. The van der Waals surface area contributed by atoms with Gasteiger partial charge in [0, 0.05) is 31.4 Å². The summed E-state index contributed by atoms with van der Waals surface area (Å²) >= 11 is 0. The predicted octanol–water partition coefficient (Wildman–Crippen LogP) is 1.81. The fourth-order valence-corrected chi connectivity index (χ4v) is 3.29. The first-order valence-corrected chi connectivity index (χ1v) is 7.06. The first kappa shape index (κ1) is 12.3. The second-order valence-corrected chi connectivity index (χ2v) is 5.52. The average Bonchev–Trinajstić information content (AvgIpc) is 2.46. The van der Waals surface area contributed by atoms with Crippen LogP contribution >= 0.6 is 0 Å². The fraction of sp³-hybridized carbons (Fsp3) is 0.533. The van der Waals surface area contributed by atoms with Crippen LogP contribution in [0.5, 0.6) is 0 Å². The molecule has 2 aliphatic heterocycles. The van der Waals surface area contributed by atoms with E-state index >= 15 is 0 Å². The molecule has 0 aliphatic carbocycles. The van der Waals surface area contributed by atoms with Gasteiger partial charge in [-0.2, -0.15) is 5.26 Å². The Morgan fingerprint density at radius 3 is 2.95 bits per heavy atom. The lowest BCUT2D eigenvalue weighted by Gasteiger charge is -2.45. The molecular formula is C15H20N4. The van der Waals surface area contributed by atoms with E-state index in [0.29, 0.717) is 17.3 Å². The minimum absolute atomic E-state index is 0.659. The number of nitrogens with zero attached hydrogens (tertiary/aromatic N) is 3. The molecule has 0 saturated carbocycles. The van der Waals surface area contributed by atoms with E-state index in [9.17, 15) is 5.26 Å². The average molecular weight is 256 g/mol. The van der Waals surface area contributed by atoms with Crippen LogP contribution in [0, 0.1) is 11.3 Å². The molecular weight excluding hydrogens is 236 g/mol. The van der Waals surface area contributed by atoms with Gasteiger partial charge in [-0.15, -0.1) is 0 Å². The molecule has 0 radical (unpaired) electrons. The van der Waals surface area contributed by atoms with Gasteiger partial charge in [0.05, 0.1) is 11.3 Å². The van der Waals surface area contributed by atoms with Crippen molar-refractivity contribution in [1.29, 1.82) is 5.26 Å². The Kier molecular flexibility index (Phi) is 3.31. The van der Waals surface area contributed by atoms with E-state index in [1.165, 1.54) is 25.8 Å². The minimum atomic E-state index is 0.659. The molecule has 1 unspecified atom stereocenters. The minimum Gasteiger partial charge on any atom is -0.399 e. The lowest BCUT2D eigenvalue weighted by atomic mass is 9.98. The highest BCUT2D eigenvalue weighted by Crippen LogP contribution is 2.28. The molecule has 0 amide bonds. The van der Waals surface area contributed by atoms with Gasteiger partial charge in [-0.05, 0) is 37.6 Å². The molecule has 2 N–H and O–H groups in total. The number of nitrogens with two attached hydrogens (primary N) is 1. The Labute approximate surface area is 114 Å². The Morgan fingerprint density at radius 2 is 2.11 bits per heavy atom. The summed E-state index contributed by atoms with van der Waals surface area (Å²) < 4.78 is 0. The van der Waals surface area contributed by atoms with Crippen molar-refractivity contribution in [1.82, 2.24) is 4.90 Å². The monoisotopic (exact) mass is 256 g/mol. The van der Waals surface area contributed by atoms with Crippen LogP contribution in [0.15, 0.2) is 18.2 Å². The number of piperidine rings is 1. The number of piperazine rings is 1. The van der Waals surface area contributed by atoms with Gasteiger partial charge >= 0.3 is 0 Å². The molecule has 3 rings (SSSR count). The third-order valence-corrected chi connectivity index (χ3v) is 4.32. The van der Waals surface area contributed by atoms with Gasteiger partial charge in [0.1, 0.15) is 6.07 Å². The van der Waals surface area contributed by atoms with Crippen LogP contribution in [0.4, 0.5) is 11.4 Å². The summed E-state index contributed by atoms with van der Waals surface area (Å²) in [5.74, 6) is 0. The van der Waals surface area contributed by atoms with Crippen molar-refractivity contribution in [3.63, 3.8) is 0 Å². The highest BCUT2D eigenvalue weighted by Gasteiger charge is 2.29. The SMILES string of the molecule is N#Cc1cc(N)ccc1N1CCN2CCCCC2C1. The zero-order valence-electron chi connectivity index (χ0n) is 11.2. The van der Waals surface area contributed by atoms with Gasteiger partial charge in [-0.3, -0.25) is 4.90 Å². The summed E-state index contributed by atoms with van der Waals surface area (Å²) in [6.45, 7) is 4.40. The topological polar surface area (TPSA) is 56.3 Å². The Hall–Kier alpha value is -1.73. The molecule has 2 aliphatic rings. The maximum Gasteiger partial charge on any atom is 0.101 e. The number of nitriles is 1. The van der Waals surface area contributed by atoms with E-state index in [2.05, 4.69) is 15.9 Å². The number of benzene rings is 1. The number of hydrogen-bond donors (Lipinski definition) is 1. The standard InChI is InChI=1S/C15H20N4/c16-10-12-9-13(17)4-5-15(12)19-8-7-18-6-2-1-3-14(18)11-19/h4-5,9,14H,1-3,6-8,11,17H2. The first-order valence-electron chi connectivity index (χ1n) is 7.06. The second-order valence-electron chi connectivity index (χ2n) is 5.52. The van der Waals surface area contributed by atoms with Crippen LogP contribution in [-0.4, -0.2) is 37.1 Å². The van der Waals surface area contributed by atoms with E-state index in [1.807, 2.05) is 12.1 Å². The van der Waals surface area contributed by atoms with E-state index < -0.39 is 0 Å². The van der Waals surface area contributed by atoms with Gasteiger partial charge in [0.25, 0.3) is 0 Å². The van der Waals surface area contributed by atoms with Crippen LogP contribution in [0.2, 0.25) is 0 Å². The number of nitrogen functional groups attached to an aromatic ring is 1. The second kappa shape index (κ2) is 5.10. The van der Waals surface area contributed by atoms with E-state index in [4.69, 9.17) is 5.73 Å². The summed E-state index contributed by atoms with van der Waals surface area (Å²) in [5.41, 5.74) is 8.17. The lowest BCUT2D eigenvalue weighted by molar-refractivity contribution is 0.133. The van der Waals surface area contributed by atoms with Gasteiger partial charge in [0.2, 0.25) is 0 Å². The Balaban J connectivity index is 1.81. The molecule has 2 heterocycles. The largest absolute Gasteiger partial charge is 0.399 e. The molecule has 0 spiro atoms. The van der Waals surface area contributed by atoms with Crippen molar-refractivity contribution in [3.8, 4) is 6.07 Å². The van der Waals surface area contributed by atoms with E-state index in [1.54, 1.807) is 6.07 Å². The van der Waals surface area contributed by atoms with E-state index in [0.717, 1.165) is 25.3 Å². The quantitative estimate of drug-likeness (QED) is 0.779. The highest BCUT2D eigenvalue weighted by molar-refractivity contribution is 5.64. The number of hydrogen-bond acceptors (Lipinski definition) is 4. The molecule has 4 nitrogen and oxygen atoms in total. The Bertz CT molecular complexity index is 505. The smallest absolute Gasteiger partial charge is 0.101 e. The molecule has 19 heavy (non-hydrogen) atoms. The molecule has 2 saturated heterocycles. The van der Waals surface area contributed by atoms with Crippen molar-refractivity contribution in [2.24, 2.45) is 0 Å². The van der Waals surface area contributed by atoms with Gasteiger partial charge in [-0.1, -0.05) is 6.42 Å². The predicted molar refractivity (Wildman–Crippen MR) is 77.0 cm³/mol. The molecule has 0 bridgehead atoms. The maximum atomic E-state index is 9.26. The van der Waals surface area contributed by atoms with Crippen molar-refractivity contribution in [2.45, 2.75) is 25.3 Å². The molecule has 2 fully saturated rings. The van der Waals surface area contributed by atoms with E-state index in [-0.39, 0.29) is 0 Å². The zero-order valence-corrected chi connectivity index (χ0v) is 11.2. The van der Waals surface area contributed by atoms with Crippen LogP contribution in [0.3, 0.4) is 0 Å². The third kappa shape index (κ3) is 2.39. The van der Waals surface area contributed by atoms with Crippen molar-refractivity contribution >= 4 is 11.4 Å². The van der Waals surface area contributed by atoms with Gasteiger partial charge < -0.3 is 10.6 Å². The molecule has 1 aromatic rings. The molecule has 1 aromatic carbocycles. The number of anilines is 2. The zero-order chi connectivity index (χ0) is 13.2. The molecule has 100 valence electrons. The summed E-state index contributed by atoms with van der Waals surface area (Å²) in [6.07, 6.45) is 3.96. The molecule has 0 aromatic heterocycles. The normalized spacial score (nSPS) is 23.7. The molecule has 4 heteroatoms. The third-order valence-electron chi connectivity index (χ3n) is 4.32. The van der Waals surface area contributed by atoms with Crippen LogP contribution in [0.25, 0.3) is 0 Å². The Morgan fingerprint density at radius 1 is 1.21 bits per heavy atom. The summed E-state index contributed by atoms with van der Waals surface area (Å²) in [7, 11) is 0. The lowest BCUT2D eigenvalue weighted by Crippen LogP contribution is -2.55. The highest BCUT2D eigenvalue weighted by atomic mass is 15.3. The van der Waals surface area contributed by atoms with Crippen LogP contribution < -0.4 is 10.6 Å². The summed E-state index contributed by atoms with van der Waals surface area (Å²) in [5, 5.41) is 9.26. The van der Waals surface area contributed by atoms with Crippen molar-refractivity contribution in [2.75, 3.05) is 36.8 Å². The van der Waals surface area contributed by atoms with Gasteiger partial charge in [0.15, 0.2) is 0 Å². The van der Waals surface area contributed by atoms with Crippen LogP contribution in [0.1, 0.15) is 24.8 Å². The van der Waals surface area contributed by atoms with Crippen molar-refractivity contribution < 1.29 is 0 Å². The summed E-state index contributed by atoms with van der Waals surface area (Å²) in [4.78, 5) is 4.95. The van der Waals surface area contributed by atoms with Gasteiger partial charge in [-0.25, -0.2) is 0 Å². The first-order chi connectivity index (χ1) is 9.28. The number of fused-ring (bicyclic) bond motifs is 1. The van der Waals surface area contributed by atoms with Crippen molar-refractivity contribution in [3.05, 3.63) is 23.8 Å².